The maximum Gasteiger partial charge on any atom is 0.147 e. The normalized spacial score (nSPS) is 32.6. The number of nitrogens with zero attached hydrogens (tertiary/aromatic N) is 4. The van der Waals surface area contributed by atoms with Gasteiger partial charge in [0.1, 0.15) is 11.9 Å². The molecule has 0 amide bonds. The number of aromatic nitrogens is 1. The van der Waals surface area contributed by atoms with Gasteiger partial charge in [0.05, 0.1) is 11.7 Å². The van der Waals surface area contributed by atoms with Crippen LogP contribution in [0.3, 0.4) is 0 Å². The molecule has 1 aromatic rings. The summed E-state index contributed by atoms with van der Waals surface area (Å²) in [5.74, 6) is 1.97. The number of pyridine rings is 1. The Balaban J connectivity index is 1.55. The van der Waals surface area contributed by atoms with Crippen LogP contribution in [-0.2, 0) is 0 Å². The SMILES string of the molecule is Cc1cc(C)c(C#N)c(N2C[C@H]3C[C@@H](N4CCCC4)[C@H](O)C[C@H]3C2)n1. The van der Waals surface area contributed by atoms with Crippen LogP contribution in [0.1, 0.15) is 42.5 Å². The second-order valence-electron chi connectivity index (χ2n) is 8.17. The molecule has 1 N–H and O–H groups in total. The van der Waals surface area contributed by atoms with E-state index in [0.717, 1.165) is 56.1 Å². The van der Waals surface area contributed by atoms with Crippen molar-refractivity contribution in [2.75, 3.05) is 31.1 Å². The van der Waals surface area contributed by atoms with Crippen LogP contribution in [0.5, 0.6) is 0 Å². The zero-order chi connectivity index (χ0) is 17.6. The fourth-order valence-corrected chi connectivity index (χ4v) is 5.23. The first-order valence-corrected chi connectivity index (χ1v) is 9.62. The third-order valence-corrected chi connectivity index (χ3v) is 6.46. The van der Waals surface area contributed by atoms with Gasteiger partial charge in [0.15, 0.2) is 0 Å². The van der Waals surface area contributed by atoms with Crippen molar-refractivity contribution in [1.29, 1.82) is 5.26 Å². The summed E-state index contributed by atoms with van der Waals surface area (Å²) in [6, 6.07) is 4.66. The Morgan fingerprint density at radius 3 is 2.52 bits per heavy atom. The van der Waals surface area contributed by atoms with E-state index in [1.54, 1.807) is 0 Å². The first kappa shape index (κ1) is 16.8. The summed E-state index contributed by atoms with van der Waals surface area (Å²) in [6.45, 7) is 8.15. The summed E-state index contributed by atoms with van der Waals surface area (Å²) < 4.78 is 0. The van der Waals surface area contributed by atoms with Gasteiger partial charge in [-0.1, -0.05) is 0 Å². The Bertz CT molecular complexity index is 692. The van der Waals surface area contributed by atoms with Crippen LogP contribution in [0.4, 0.5) is 5.82 Å². The highest BCUT2D eigenvalue weighted by molar-refractivity contribution is 5.58. The molecule has 2 saturated heterocycles. The van der Waals surface area contributed by atoms with Crippen molar-refractivity contribution in [3.8, 4) is 6.07 Å². The zero-order valence-corrected chi connectivity index (χ0v) is 15.3. The number of aryl methyl sites for hydroxylation is 2. The molecule has 0 spiro atoms. The van der Waals surface area contributed by atoms with Crippen molar-refractivity contribution in [2.45, 2.75) is 51.7 Å². The van der Waals surface area contributed by atoms with Gasteiger partial charge in [0.2, 0.25) is 0 Å². The zero-order valence-electron chi connectivity index (χ0n) is 15.3. The van der Waals surface area contributed by atoms with E-state index in [2.05, 4.69) is 15.9 Å². The predicted molar refractivity (Wildman–Crippen MR) is 97.5 cm³/mol. The Morgan fingerprint density at radius 2 is 1.84 bits per heavy atom. The van der Waals surface area contributed by atoms with Crippen molar-refractivity contribution in [3.05, 3.63) is 22.9 Å². The monoisotopic (exact) mass is 340 g/mol. The van der Waals surface area contributed by atoms with E-state index in [1.165, 1.54) is 12.8 Å². The second-order valence-corrected chi connectivity index (χ2v) is 8.17. The molecule has 2 aliphatic heterocycles. The van der Waals surface area contributed by atoms with Crippen LogP contribution in [0.2, 0.25) is 0 Å². The minimum absolute atomic E-state index is 0.207. The summed E-state index contributed by atoms with van der Waals surface area (Å²) in [5, 5.41) is 20.3. The fourth-order valence-electron chi connectivity index (χ4n) is 5.23. The number of likely N-dealkylation sites (tertiary alicyclic amines) is 1. The third-order valence-electron chi connectivity index (χ3n) is 6.46. The summed E-state index contributed by atoms with van der Waals surface area (Å²) in [7, 11) is 0. The standard InChI is InChI=1S/C20H28N4O/c1-13-7-14(2)22-20(17(13)10-21)24-11-15-8-18(23-5-3-4-6-23)19(25)9-16(15)12-24/h7,15-16,18-19,25H,3-6,8-9,11-12H2,1-2H3/t15-,16+,18-,19-/m1/s1. The Hall–Kier alpha value is -1.64. The molecular formula is C20H28N4O. The number of hydrogen-bond acceptors (Lipinski definition) is 5. The highest BCUT2D eigenvalue weighted by Crippen LogP contribution is 2.41. The molecule has 0 bridgehead atoms. The lowest BCUT2D eigenvalue weighted by molar-refractivity contribution is -0.000854. The molecule has 5 nitrogen and oxygen atoms in total. The van der Waals surface area contributed by atoms with Crippen molar-refractivity contribution in [2.24, 2.45) is 11.8 Å². The van der Waals surface area contributed by atoms with E-state index in [9.17, 15) is 10.4 Å². The predicted octanol–water partition coefficient (Wildman–Crippen LogP) is 2.24. The summed E-state index contributed by atoms with van der Waals surface area (Å²) in [4.78, 5) is 9.49. The maximum atomic E-state index is 10.7. The lowest BCUT2D eigenvalue weighted by atomic mass is 9.77. The summed E-state index contributed by atoms with van der Waals surface area (Å²) in [5.41, 5.74) is 2.69. The van der Waals surface area contributed by atoms with Gasteiger partial charge in [-0.05, 0) is 76.1 Å². The van der Waals surface area contributed by atoms with Gasteiger partial charge in [0.25, 0.3) is 0 Å². The van der Waals surface area contributed by atoms with Gasteiger partial charge in [-0.25, -0.2) is 4.98 Å². The summed E-state index contributed by atoms with van der Waals surface area (Å²) >= 11 is 0. The Kier molecular flexibility index (Phi) is 4.43. The highest BCUT2D eigenvalue weighted by Gasteiger charge is 2.44. The van der Waals surface area contributed by atoms with Crippen molar-refractivity contribution in [3.63, 3.8) is 0 Å². The third kappa shape index (κ3) is 3.02. The first-order valence-electron chi connectivity index (χ1n) is 9.62. The van der Waals surface area contributed by atoms with Gasteiger partial charge in [-0.15, -0.1) is 0 Å². The van der Waals surface area contributed by atoms with Crippen molar-refractivity contribution >= 4 is 5.82 Å². The van der Waals surface area contributed by atoms with Gasteiger partial charge in [0, 0.05) is 24.8 Å². The summed E-state index contributed by atoms with van der Waals surface area (Å²) in [6.07, 6.45) is 4.29. The molecule has 4 atom stereocenters. The molecule has 134 valence electrons. The lowest BCUT2D eigenvalue weighted by Crippen LogP contribution is -2.48. The number of aliphatic hydroxyl groups is 1. The van der Waals surface area contributed by atoms with E-state index in [4.69, 9.17) is 4.98 Å². The van der Waals surface area contributed by atoms with Crippen molar-refractivity contribution < 1.29 is 5.11 Å². The van der Waals surface area contributed by atoms with Crippen molar-refractivity contribution in [1.82, 2.24) is 9.88 Å². The molecule has 1 saturated carbocycles. The molecule has 3 fully saturated rings. The largest absolute Gasteiger partial charge is 0.391 e. The minimum atomic E-state index is -0.207. The lowest BCUT2D eigenvalue weighted by Gasteiger charge is -2.40. The number of nitriles is 1. The number of hydrogen-bond donors (Lipinski definition) is 1. The van der Waals surface area contributed by atoms with E-state index in [0.29, 0.717) is 23.4 Å². The van der Waals surface area contributed by atoms with Gasteiger partial charge in [-0.2, -0.15) is 5.26 Å². The second kappa shape index (κ2) is 6.59. The van der Waals surface area contributed by atoms with Crippen LogP contribution in [-0.4, -0.2) is 53.3 Å². The molecule has 1 aromatic heterocycles. The molecule has 3 aliphatic rings. The fraction of sp³-hybridized carbons (Fsp3) is 0.700. The van der Waals surface area contributed by atoms with E-state index < -0.39 is 0 Å². The average molecular weight is 340 g/mol. The molecule has 0 aromatic carbocycles. The van der Waals surface area contributed by atoms with E-state index >= 15 is 0 Å². The molecule has 5 heteroatoms. The number of aliphatic hydroxyl groups excluding tert-OH is 1. The van der Waals surface area contributed by atoms with Gasteiger partial charge >= 0.3 is 0 Å². The van der Waals surface area contributed by atoms with Gasteiger partial charge < -0.3 is 10.0 Å². The molecule has 0 unspecified atom stereocenters. The average Bonchev–Trinajstić information content (AvgIpc) is 3.22. The molecule has 3 heterocycles. The van der Waals surface area contributed by atoms with E-state index in [-0.39, 0.29) is 6.10 Å². The molecule has 4 rings (SSSR count). The number of rotatable bonds is 2. The molecular weight excluding hydrogens is 312 g/mol. The molecule has 0 radical (unpaired) electrons. The highest BCUT2D eigenvalue weighted by atomic mass is 16.3. The molecule has 25 heavy (non-hydrogen) atoms. The Labute approximate surface area is 150 Å². The number of anilines is 1. The van der Waals surface area contributed by atoms with E-state index in [1.807, 2.05) is 19.9 Å². The molecule has 1 aliphatic carbocycles. The smallest absolute Gasteiger partial charge is 0.147 e. The maximum absolute atomic E-state index is 10.7. The van der Waals surface area contributed by atoms with Crippen LogP contribution >= 0.6 is 0 Å². The quantitative estimate of drug-likeness (QED) is 0.894. The van der Waals surface area contributed by atoms with Crippen LogP contribution in [0.25, 0.3) is 0 Å². The number of fused-ring (bicyclic) bond motifs is 1. The van der Waals surface area contributed by atoms with Crippen LogP contribution < -0.4 is 4.90 Å². The first-order chi connectivity index (χ1) is 12.1. The van der Waals surface area contributed by atoms with Gasteiger partial charge in [-0.3, -0.25) is 4.90 Å². The topological polar surface area (TPSA) is 63.4 Å². The Morgan fingerprint density at radius 1 is 1.16 bits per heavy atom. The minimum Gasteiger partial charge on any atom is -0.391 e. The van der Waals surface area contributed by atoms with Crippen LogP contribution in [0.15, 0.2) is 6.07 Å². The van der Waals surface area contributed by atoms with Crippen LogP contribution in [0, 0.1) is 37.0 Å².